The summed E-state index contributed by atoms with van der Waals surface area (Å²) in [5.41, 5.74) is 1.92. The van der Waals surface area contributed by atoms with E-state index in [1.807, 2.05) is 12.1 Å². The molecule has 1 rings (SSSR count). The highest BCUT2D eigenvalue weighted by Gasteiger charge is 2.16. The van der Waals surface area contributed by atoms with Gasteiger partial charge in [0.1, 0.15) is 0 Å². The van der Waals surface area contributed by atoms with Gasteiger partial charge in [0.25, 0.3) is 5.69 Å². The van der Waals surface area contributed by atoms with Crippen molar-refractivity contribution in [2.75, 3.05) is 11.4 Å². The highest BCUT2D eigenvalue weighted by atomic mass is 79.9. The molecule has 17 heavy (non-hydrogen) atoms. The zero-order chi connectivity index (χ0) is 13.0. The topological polar surface area (TPSA) is 46.4 Å². The molecule has 0 bridgehead atoms. The number of alkyl halides is 1. The number of benzene rings is 1. The molecule has 0 saturated carbocycles. The van der Waals surface area contributed by atoms with Crippen LogP contribution in [0.15, 0.2) is 18.2 Å². The van der Waals surface area contributed by atoms with E-state index >= 15 is 0 Å². The second-order valence-electron chi connectivity index (χ2n) is 4.08. The lowest BCUT2D eigenvalue weighted by Gasteiger charge is -2.27. The van der Waals surface area contributed by atoms with Crippen molar-refractivity contribution >= 4 is 27.3 Å². The fraction of sp³-hybridized carbons (Fsp3) is 0.500. The van der Waals surface area contributed by atoms with Gasteiger partial charge in [0.05, 0.1) is 4.92 Å². The Bertz CT molecular complexity index is 407. The minimum atomic E-state index is -0.341. The molecule has 0 amide bonds. The van der Waals surface area contributed by atoms with Gasteiger partial charge in [0.15, 0.2) is 0 Å². The van der Waals surface area contributed by atoms with Crippen LogP contribution in [0.2, 0.25) is 0 Å². The van der Waals surface area contributed by atoms with E-state index in [1.54, 1.807) is 6.07 Å². The van der Waals surface area contributed by atoms with E-state index in [-0.39, 0.29) is 10.6 Å². The van der Waals surface area contributed by atoms with Gasteiger partial charge in [-0.3, -0.25) is 10.1 Å². The zero-order valence-electron chi connectivity index (χ0n) is 10.3. The Balaban J connectivity index is 3.16. The first-order chi connectivity index (χ1) is 8.01. The second kappa shape index (κ2) is 6.00. The lowest BCUT2D eigenvalue weighted by Crippen LogP contribution is -2.30. The molecule has 0 aliphatic rings. The largest absolute Gasteiger partial charge is 0.369 e. The van der Waals surface area contributed by atoms with Crippen molar-refractivity contribution in [2.45, 2.75) is 32.1 Å². The number of nitro groups is 1. The van der Waals surface area contributed by atoms with E-state index in [2.05, 4.69) is 41.6 Å². The van der Waals surface area contributed by atoms with Gasteiger partial charge in [-0.1, -0.05) is 15.9 Å². The number of rotatable bonds is 5. The van der Waals surface area contributed by atoms with Gasteiger partial charge in [-0.05, 0) is 32.9 Å². The fourth-order valence-electron chi connectivity index (χ4n) is 1.88. The summed E-state index contributed by atoms with van der Waals surface area (Å²) >= 11 is 3.30. The van der Waals surface area contributed by atoms with E-state index in [9.17, 15) is 10.1 Å². The van der Waals surface area contributed by atoms with E-state index < -0.39 is 0 Å². The average molecular weight is 301 g/mol. The number of nitro benzene ring substituents is 1. The molecule has 0 heterocycles. The summed E-state index contributed by atoms with van der Waals surface area (Å²) in [6.45, 7) is 7.18. The molecule has 0 aliphatic carbocycles. The first-order valence-corrected chi connectivity index (χ1v) is 6.73. The number of halogens is 1. The molecule has 0 N–H and O–H groups in total. The van der Waals surface area contributed by atoms with E-state index in [1.165, 1.54) is 0 Å². The summed E-state index contributed by atoms with van der Waals surface area (Å²) < 4.78 is 0. The van der Waals surface area contributed by atoms with Crippen LogP contribution in [0.1, 0.15) is 26.3 Å². The highest BCUT2D eigenvalue weighted by molar-refractivity contribution is 9.08. The summed E-state index contributed by atoms with van der Waals surface area (Å²) in [4.78, 5) is 12.7. The van der Waals surface area contributed by atoms with Crippen LogP contribution in [0, 0.1) is 10.1 Å². The zero-order valence-corrected chi connectivity index (χ0v) is 11.9. The van der Waals surface area contributed by atoms with Crippen molar-refractivity contribution < 1.29 is 4.92 Å². The molecular weight excluding hydrogens is 284 g/mol. The minimum Gasteiger partial charge on any atom is -0.369 e. The van der Waals surface area contributed by atoms with Crippen LogP contribution in [0.5, 0.6) is 0 Å². The average Bonchev–Trinajstić information content (AvgIpc) is 2.28. The van der Waals surface area contributed by atoms with Crippen molar-refractivity contribution in [3.8, 4) is 0 Å². The van der Waals surface area contributed by atoms with Gasteiger partial charge in [-0.25, -0.2) is 0 Å². The van der Waals surface area contributed by atoms with Crippen molar-refractivity contribution in [1.29, 1.82) is 0 Å². The van der Waals surface area contributed by atoms with E-state index in [4.69, 9.17) is 0 Å². The van der Waals surface area contributed by atoms with Gasteiger partial charge in [0, 0.05) is 35.2 Å². The molecule has 0 radical (unpaired) electrons. The summed E-state index contributed by atoms with van der Waals surface area (Å²) in [5, 5.41) is 11.3. The Hall–Kier alpha value is -1.10. The molecule has 0 atom stereocenters. The lowest BCUT2D eigenvalue weighted by molar-refractivity contribution is -0.385. The summed E-state index contributed by atoms with van der Waals surface area (Å²) in [6.07, 6.45) is 0. The SMILES string of the molecule is CCN(c1ccc([N+](=O)[O-])c(CBr)c1)C(C)C. The van der Waals surface area contributed by atoms with Crippen LogP contribution in [0.3, 0.4) is 0 Å². The third-order valence-corrected chi connectivity index (χ3v) is 3.30. The monoisotopic (exact) mass is 300 g/mol. The van der Waals surface area contributed by atoms with Gasteiger partial charge < -0.3 is 4.90 Å². The van der Waals surface area contributed by atoms with Crippen LogP contribution in [0.4, 0.5) is 11.4 Å². The lowest BCUT2D eigenvalue weighted by atomic mass is 10.1. The Morgan fingerprint density at radius 1 is 1.47 bits per heavy atom. The Labute approximate surface area is 110 Å². The molecule has 0 aromatic heterocycles. The number of nitrogens with zero attached hydrogens (tertiary/aromatic N) is 2. The number of hydrogen-bond acceptors (Lipinski definition) is 3. The first kappa shape index (κ1) is 14.0. The Morgan fingerprint density at radius 2 is 2.12 bits per heavy atom. The molecule has 1 aromatic rings. The molecule has 0 fully saturated rings. The third kappa shape index (κ3) is 3.19. The fourth-order valence-corrected chi connectivity index (χ4v) is 2.33. The van der Waals surface area contributed by atoms with Crippen LogP contribution in [-0.2, 0) is 5.33 Å². The van der Waals surface area contributed by atoms with Crippen LogP contribution >= 0.6 is 15.9 Å². The summed E-state index contributed by atoms with van der Waals surface area (Å²) in [7, 11) is 0. The maximum absolute atomic E-state index is 10.8. The smallest absolute Gasteiger partial charge is 0.273 e. The molecule has 0 saturated heterocycles. The molecule has 0 aliphatic heterocycles. The molecule has 1 aromatic carbocycles. The second-order valence-corrected chi connectivity index (χ2v) is 4.64. The van der Waals surface area contributed by atoms with E-state index in [0.717, 1.165) is 12.2 Å². The van der Waals surface area contributed by atoms with Crippen molar-refractivity contribution in [3.05, 3.63) is 33.9 Å². The van der Waals surface area contributed by atoms with Crippen LogP contribution in [-0.4, -0.2) is 17.5 Å². The molecule has 5 heteroatoms. The maximum atomic E-state index is 10.8. The Morgan fingerprint density at radius 3 is 2.53 bits per heavy atom. The summed E-state index contributed by atoms with van der Waals surface area (Å²) in [5.74, 6) is 0. The standard InChI is InChI=1S/C12H17BrN2O2/c1-4-14(9(2)3)11-5-6-12(15(16)17)10(7-11)8-13/h5-7,9H,4,8H2,1-3H3. The Kier molecular flexibility index (Phi) is 4.93. The normalized spacial score (nSPS) is 10.6. The molecule has 94 valence electrons. The number of anilines is 1. The maximum Gasteiger partial charge on any atom is 0.273 e. The van der Waals surface area contributed by atoms with Crippen LogP contribution in [0.25, 0.3) is 0 Å². The molecule has 0 unspecified atom stereocenters. The third-order valence-electron chi connectivity index (χ3n) is 2.70. The predicted molar refractivity (Wildman–Crippen MR) is 73.9 cm³/mol. The number of hydrogen-bond donors (Lipinski definition) is 0. The van der Waals surface area contributed by atoms with Gasteiger partial charge >= 0.3 is 0 Å². The van der Waals surface area contributed by atoms with Gasteiger partial charge in [0.2, 0.25) is 0 Å². The quantitative estimate of drug-likeness (QED) is 0.473. The summed E-state index contributed by atoms with van der Waals surface area (Å²) in [6, 6.07) is 5.66. The van der Waals surface area contributed by atoms with E-state index in [0.29, 0.717) is 16.9 Å². The van der Waals surface area contributed by atoms with Gasteiger partial charge in [-0.2, -0.15) is 0 Å². The first-order valence-electron chi connectivity index (χ1n) is 5.61. The predicted octanol–water partition coefficient (Wildman–Crippen LogP) is 3.72. The van der Waals surface area contributed by atoms with Crippen LogP contribution < -0.4 is 4.90 Å². The van der Waals surface area contributed by atoms with Crippen molar-refractivity contribution in [2.24, 2.45) is 0 Å². The van der Waals surface area contributed by atoms with Crippen molar-refractivity contribution in [3.63, 3.8) is 0 Å². The minimum absolute atomic E-state index is 0.172. The van der Waals surface area contributed by atoms with Gasteiger partial charge in [-0.15, -0.1) is 0 Å². The molecular formula is C12H17BrN2O2. The van der Waals surface area contributed by atoms with Crippen molar-refractivity contribution in [1.82, 2.24) is 0 Å². The highest BCUT2D eigenvalue weighted by Crippen LogP contribution is 2.27. The molecule has 0 spiro atoms. The molecule has 4 nitrogen and oxygen atoms in total.